The van der Waals surface area contributed by atoms with E-state index in [2.05, 4.69) is 10.0 Å². The van der Waals surface area contributed by atoms with Crippen LogP contribution in [0.25, 0.3) is 0 Å². The molecule has 0 aliphatic carbocycles. The molecule has 0 saturated carbocycles. The van der Waals surface area contributed by atoms with Gasteiger partial charge in [-0.05, 0) is 24.6 Å². The molecule has 7 heteroatoms. The van der Waals surface area contributed by atoms with E-state index in [1.807, 2.05) is 0 Å². The summed E-state index contributed by atoms with van der Waals surface area (Å²) in [5.74, 6) is 0. The van der Waals surface area contributed by atoms with E-state index in [9.17, 15) is 8.42 Å². The number of halogens is 1. The first-order valence-electron chi connectivity index (χ1n) is 6.07. The lowest BCUT2D eigenvalue weighted by Crippen LogP contribution is -2.45. The largest absolute Gasteiger partial charge is 0.374 e. The molecule has 1 aromatic carbocycles. The molecule has 1 atom stereocenters. The lowest BCUT2D eigenvalue weighted by molar-refractivity contribution is 0.0324. The second kappa shape index (κ2) is 6.19. The average Bonchev–Trinajstić information content (AvgIpc) is 2.40. The van der Waals surface area contributed by atoms with Crippen molar-refractivity contribution in [3.05, 3.63) is 28.8 Å². The van der Waals surface area contributed by atoms with Gasteiger partial charge < -0.3 is 10.1 Å². The number of morpholine rings is 1. The molecular weight excluding hydrogens is 288 g/mol. The Hall–Kier alpha value is -0.660. The summed E-state index contributed by atoms with van der Waals surface area (Å²) in [5.41, 5.74) is 0.666. The lowest BCUT2D eigenvalue weighted by atomic mass is 10.2. The summed E-state index contributed by atoms with van der Waals surface area (Å²) in [5, 5.41) is 3.55. The molecule has 1 fully saturated rings. The molecule has 1 heterocycles. The van der Waals surface area contributed by atoms with E-state index < -0.39 is 10.0 Å². The van der Waals surface area contributed by atoms with Crippen LogP contribution in [0, 0.1) is 6.92 Å². The highest BCUT2D eigenvalue weighted by Crippen LogP contribution is 2.19. The highest BCUT2D eigenvalue weighted by molar-refractivity contribution is 7.89. The second-order valence-corrected chi connectivity index (χ2v) is 6.63. The Morgan fingerprint density at radius 2 is 2.32 bits per heavy atom. The number of rotatable bonds is 4. The Kier molecular flexibility index (Phi) is 4.81. The van der Waals surface area contributed by atoms with Crippen molar-refractivity contribution in [1.29, 1.82) is 0 Å². The van der Waals surface area contributed by atoms with Crippen LogP contribution < -0.4 is 10.0 Å². The Bertz CT molecular complexity index is 542. The van der Waals surface area contributed by atoms with Gasteiger partial charge in [0.15, 0.2) is 0 Å². The van der Waals surface area contributed by atoms with Crippen LogP contribution in [-0.4, -0.2) is 40.8 Å². The van der Waals surface area contributed by atoms with Gasteiger partial charge in [-0.15, -0.1) is 0 Å². The van der Waals surface area contributed by atoms with Crippen LogP contribution in [0.4, 0.5) is 0 Å². The van der Waals surface area contributed by atoms with Crippen LogP contribution in [-0.2, 0) is 14.8 Å². The van der Waals surface area contributed by atoms with E-state index in [0.29, 0.717) is 23.7 Å². The van der Waals surface area contributed by atoms with E-state index in [-0.39, 0.29) is 17.5 Å². The monoisotopic (exact) mass is 304 g/mol. The number of benzene rings is 1. The van der Waals surface area contributed by atoms with Crippen LogP contribution in [0.2, 0.25) is 5.02 Å². The van der Waals surface area contributed by atoms with Gasteiger partial charge in [-0.2, -0.15) is 0 Å². The Morgan fingerprint density at radius 1 is 1.53 bits per heavy atom. The number of nitrogens with one attached hydrogen (secondary N) is 2. The van der Waals surface area contributed by atoms with Crippen molar-refractivity contribution in [2.45, 2.75) is 17.9 Å². The molecule has 0 radical (unpaired) electrons. The van der Waals surface area contributed by atoms with E-state index in [1.165, 1.54) is 6.07 Å². The zero-order valence-corrected chi connectivity index (χ0v) is 12.2. The van der Waals surface area contributed by atoms with Gasteiger partial charge in [-0.1, -0.05) is 17.7 Å². The van der Waals surface area contributed by atoms with Crippen molar-refractivity contribution in [1.82, 2.24) is 10.0 Å². The fourth-order valence-electron chi connectivity index (χ4n) is 1.89. The number of hydrogen-bond acceptors (Lipinski definition) is 4. The molecule has 1 aromatic rings. The van der Waals surface area contributed by atoms with E-state index in [4.69, 9.17) is 16.3 Å². The van der Waals surface area contributed by atoms with Crippen LogP contribution in [0.1, 0.15) is 5.56 Å². The SMILES string of the molecule is Cc1ccc(Cl)cc1S(=O)(=O)NCC1CNCCO1. The minimum absolute atomic E-state index is 0.136. The van der Waals surface area contributed by atoms with Gasteiger partial charge in [0.1, 0.15) is 0 Å². The zero-order chi connectivity index (χ0) is 13.9. The van der Waals surface area contributed by atoms with Crippen LogP contribution >= 0.6 is 11.6 Å². The maximum absolute atomic E-state index is 12.2. The summed E-state index contributed by atoms with van der Waals surface area (Å²) < 4.78 is 32.4. The smallest absolute Gasteiger partial charge is 0.240 e. The first kappa shape index (κ1) is 14.7. The maximum Gasteiger partial charge on any atom is 0.240 e. The average molecular weight is 305 g/mol. The molecule has 106 valence electrons. The molecule has 1 aliphatic heterocycles. The predicted molar refractivity (Wildman–Crippen MR) is 74.0 cm³/mol. The van der Waals surface area contributed by atoms with Crippen molar-refractivity contribution in [2.75, 3.05) is 26.2 Å². The summed E-state index contributed by atoms with van der Waals surface area (Å²) in [6.45, 7) is 4.04. The van der Waals surface area contributed by atoms with Crippen LogP contribution in [0.15, 0.2) is 23.1 Å². The van der Waals surface area contributed by atoms with Crippen molar-refractivity contribution >= 4 is 21.6 Å². The summed E-state index contributed by atoms with van der Waals surface area (Å²) in [7, 11) is -3.56. The van der Waals surface area contributed by atoms with E-state index in [0.717, 1.165) is 6.54 Å². The van der Waals surface area contributed by atoms with Gasteiger partial charge in [-0.25, -0.2) is 13.1 Å². The molecular formula is C12H17ClN2O3S. The third-order valence-corrected chi connectivity index (χ3v) is 4.75. The molecule has 2 N–H and O–H groups in total. The predicted octanol–water partition coefficient (Wildman–Crippen LogP) is 0.915. The van der Waals surface area contributed by atoms with Crippen molar-refractivity contribution < 1.29 is 13.2 Å². The van der Waals surface area contributed by atoms with E-state index in [1.54, 1.807) is 19.1 Å². The molecule has 0 aromatic heterocycles. The van der Waals surface area contributed by atoms with Gasteiger partial charge in [0, 0.05) is 24.7 Å². The van der Waals surface area contributed by atoms with Gasteiger partial charge >= 0.3 is 0 Å². The fraction of sp³-hybridized carbons (Fsp3) is 0.500. The Morgan fingerprint density at radius 3 is 3.00 bits per heavy atom. The third-order valence-electron chi connectivity index (χ3n) is 2.95. The maximum atomic E-state index is 12.2. The zero-order valence-electron chi connectivity index (χ0n) is 10.6. The molecule has 1 aliphatic rings. The highest BCUT2D eigenvalue weighted by atomic mass is 35.5. The van der Waals surface area contributed by atoms with Crippen LogP contribution in [0.3, 0.4) is 0 Å². The standard InChI is InChI=1S/C12H17ClN2O3S/c1-9-2-3-10(13)6-12(9)19(16,17)15-8-11-7-14-4-5-18-11/h2-3,6,11,14-15H,4-5,7-8H2,1H3. The van der Waals surface area contributed by atoms with Crippen molar-refractivity contribution in [3.63, 3.8) is 0 Å². The van der Waals surface area contributed by atoms with Crippen molar-refractivity contribution in [3.8, 4) is 0 Å². The summed E-state index contributed by atoms with van der Waals surface area (Å²) in [4.78, 5) is 0.212. The first-order chi connectivity index (χ1) is 8.99. The Labute approximate surface area is 118 Å². The fourth-order valence-corrected chi connectivity index (χ4v) is 3.47. The van der Waals surface area contributed by atoms with Crippen molar-refractivity contribution in [2.24, 2.45) is 0 Å². The molecule has 1 saturated heterocycles. The Balaban J connectivity index is 2.07. The van der Waals surface area contributed by atoms with Gasteiger partial charge in [0.2, 0.25) is 10.0 Å². The molecule has 0 amide bonds. The molecule has 5 nitrogen and oxygen atoms in total. The third kappa shape index (κ3) is 3.90. The molecule has 1 unspecified atom stereocenters. The molecule has 19 heavy (non-hydrogen) atoms. The van der Waals surface area contributed by atoms with Gasteiger partial charge in [0.25, 0.3) is 0 Å². The number of sulfonamides is 1. The summed E-state index contributed by atoms with van der Waals surface area (Å²) in [6.07, 6.45) is -0.136. The highest BCUT2D eigenvalue weighted by Gasteiger charge is 2.20. The summed E-state index contributed by atoms with van der Waals surface area (Å²) in [6, 6.07) is 4.82. The van der Waals surface area contributed by atoms with Gasteiger partial charge in [0.05, 0.1) is 17.6 Å². The second-order valence-electron chi connectivity index (χ2n) is 4.46. The number of ether oxygens (including phenoxy) is 1. The summed E-state index contributed by atoms with van der Waals surface area (Å²) >= 11 is 5.84. The molecule has 0 bridgehead atoms. The van der Waals surface area contributed by atoms with Gasteiger partial charge in [-0.3, -0.25) is 0 Å². The van der Waals surface area contributed by atoms with Crippen LogP contribution in [0.5, 0.6) is 0 Å². The molecule has 0 spiro atoms. The lowest BCUT2D eigenvalue weighted by Gasteiger charge is -2.23. The number of hydrogen-bond donors (Lipinski definition) is 2. The molecule has 2 rings (SSSR count). The number of aryl methyl sites for hydroxylation is 1. The topological polar surface area (TPSA) is 67.4 Å². The normalized spacial score (nSPS) is 20.4. The first-order valence-corrected chi connectivity index (χ1v) is 7.93. The quantitative estimate of drug-likeness (QED) is 0.868. The minimum Gasteiger partial charge on any atom is -0.374 e. The van der Waals surface area contributed by atoms with E-state index >= 15 is 0 Å². The minimum atomic E-state index is -3.56.